The maximum Gasteiger partial charge on any atom is 0.271 e. The minimum absolute atomic E-state index is 0.244. The van der Waals surface area contributed by atoms with Crippen molar-refractivity contribution in [2.24, 2.45) is 16.9 Å². The first-order valence-electron chi connectivity index (χ1n) is 13.6. The minimum Gasteiger partial charge on any atom is -0.497 e. The lowest BCUT2D eigenvalue weighted by Gasteiger charge is -2.52. The van der Waals surface area contributed by atoms with Crippen molar-refractivity contribution in [3.63, 3.8) is 0 Å². The van der Waals surface area contributed by atoms with E-state index in [9.17, 15) is 19.6 Å². The third kappa shape index (κ3) is 3.40. The molecule has 8 nitrogen and oxygen atoms in total. The van der Waals surface area contributed by atoms with Crippen LogP contribution in [0.25, 0.3) is 0 Å². The highest BCUT2D eigenvalue weighted by Gasteiger charge is 2.68. The molecular weight excluding hydrogens is 528 g/mol. The van der Waals surface area contributed by atoms with Gasteiger partial charge < -0.3 is 4.74 Å². The molecule has 4 aromatic carbocycles. The molecule has 1 N–H and O–H groups in total. The molecule has 0 saturated carbocycles. The number of methoxy groups -OCH3 is 1. The lowest BCUT2D eigenvalue weighted by molar-refractivity contribution is -0.122. The Morgan fingerprint density at radius 1 is 0.929 bits per heavy atom. The Morgan fingerprint density at radius 3 is 2.29 bits per heavy atom. The predicted molar refractivity (Wildman–Crippen MR) is 155 cm³/mol. The number of hydrazone groups is 1. The maximum absolute atomic E-state index is 14.5. The van der Waals surface area contributed by atoms with E-state index in [2.05, 4.69) is 16.6 Å². The average Bonchev–Trinajstić information content (AvgIpc) is 3.31. The van der Waals surface area contributed by atoms with Gasteiger partial charge in [0.15, 0.2) is 0 Å². The van der Waals surface area contributed by atoms with Crippen molar-refractivity contribution in [1.82, 2.24) is 5.43 Å². The number of benzene rings is 4. The average molecular weight is 553 g/mol. The zero-order chi connectivity index (χ0) is 29.0. The zero-order valence-electron chi connectivity index (χ0n) is 22.5. The summed E-state index contributed by atoms with van der Waals surface area (Å²) in [5.41, 5.74) is 5.98. The number of carbonyl (C=O) groups excluding carboxylic acids is 3. The van der Waals surface area contributed by atoms with E-state index in [-0.39, 0.29) is 23.1 Å². The molecule has 0 aromatic heterocycles. The molecule has 2 atom stereocenters. The summed E-state index contributed by atoms with van der Waals surface area (Å²) in [6.45, 7) is 0. The lowest BCUT2D eigenvalue weighted by Crippen LogP contribution is -2.54. The standard InChI is InChI=1S/C34H24N4O4/c1-42-22-11-8-10-20(17-22)31(39)37-36-19-34-25-14-5-3-12-23(25)28(24-13-4-6-15-26(24)34)29-30(34)33(41)38(32(29)40)27-16-7-2-9-21(27)18-35/h2-17,19,28-30H,1H3,(H,37,39)/b36-19-/t28?,29-,30-,34?/m0/s1. The fraction of sp³-hybridized carbons (Fsp3) is 0.147. The van der Waals surface area contributed by atoms with Gasteiger partial charge in [0, 0.05) is 17.7 Å². The molecule has 204 valence electrons. The van der Waals surface area contributed by atoms with Gasteiger partial charge in [-0.05, 0) is 52.6 Å². The van der Waals surface area contributed by atoms with Crippen LogP contribution in [0.5, 0.6) is 5.75 Å². The highest BCUT2D eigenvalue weighted by atomic mass is 16.5. The molecule has 0 radical (unpaired) electrons. The molecule has 3 amide bonds. The number of ether oxygens (including phenoxy) is 1. The molecule has 42 heavy (non-hydrogen) atoms. The number of amides is 3. The number of hydrogen-bond donors (Lipinski definition) is 1. The van der Waals surface area contributed by atoms with E-state index in [1.54, 1.807) is 54.7 Å². The number of rotatable bonds is 5. The minimum atomic E-state index is -1.14. The van der Waals surface area contributed by atoms with E-state index in [0.717, 1.165) is 22.3 Å². The van der Waals surface area contributed by atoms with E-state index in [4.69, 9.17) is 4.74 Å². The van der Waals surface area contributed by atoms with Crippen molar-refractivity contribution in [1.29, 1.82) is 5.26 Å². The van der Waals surface area contributed by atoms with Crippen LogP contribution in [0.2, 0.25) is 0 Å². The van der Waals surface area contributed by atoms with Crippen molar-refractivity contribution in [2.45, 2.75) is 11.3 Å². The zero-order valence-corrected chi connectivity index (χ0v) is 22.5. The van der Waals surface area contributed by atoms with Gasteiger partial charge in [0.1, 0.15) is 11.8 Å². The second kappa shape index (κ2) is 9.53. The van der Waals surface area contributed by atoms with Crippen LogP contribution < -0.4 is 15.1 Å². The number of carbonyl (C=O) groups is 3. The molecule has 1 fully saturated rings. The number of nitrogens with one attached hydrogen (secondary N) is 1. The van der Waals surface area contributed by atoms with Gasteiger partial charge in [-0.1, -0.05) is 66.7 Å². The van der Waals surface area contributed by atoms with E-state index >= 15 is 0 Å². The Balaban J connectivity index is 1.40. The Hall–Kier alpha value is -5.55. The third-order valence-electron chi connectivity index (χ3n) is 8.72. The van der Waals surface area contributed by atoms with E-state index in [1.165, 1.54) is 12.0 Å². The monoisotopic (exact) mass is 552 g/mol. The second-order valence-corrected chi connectivity index (χ2v) is 10.6. The first-order valence-corrected chi connectivity index (χ1v) is 13.6. The van der Waals surface area contributed by atoms with Gasteiger partial charge in [0.25, 0.3) is 5.91 Å². The molecule has 4 aromatic rings. The summed E-state index contributed by atoms with van der Waals surface area (Å²) in [5.74, 6) is -2.54. The Bertz CT molecular complexity index is 1830. The molecule has 3 aliphatic carbocycles. The highest BCUT2D eigenvalue weighted by molar-refractivity contribution is 6.25. The number of hydrogen-bond acceptors (Lipinski definition) is 6. The van der Waals surface area contributed by atoms with Gasteiger partial charge in [-0.2, -0.15) is 10.4 Å². The summed E-state index contributed by atoms with van der Waals surface area (Å²) in [5, 5.41) is 14.2. The summed E-state index contributed by atoms with van der Waals surface area (Å²) >= 11 is 0. The van der Waals surface area contributed by atoms with Gasteiger partial charge in [0.2, 0.25) is 11.8 Å². The lowest BCUT2D eigenvalue weighted by atomic mass is 9.47. The fourth-order valence-electron chi connectivity index (χ4n) is 7.07. The summed E-state index contributed by atoms with van der Waals surface area (Å²) in [7, 11) is 1.53. The van der Waals surface area contributed by atoms with E-state index in [0.29, 0.717) is 11.3 Å². The normalized spacial score (nSPS) is 23.2. The third-order valence-corrected chi connectivity index (χ3v) is 8.72. The van der Waals surface area contributed by atoms with Crippen molar-refractivity contribution in [3.05, 3.63) is 130 Å². The summed E-state index contributed by atoms with van der Waals surface area (Å²) in [4.78, 5) is 43.0. The Kier molecular flexibility index (Phi) is 5.77. The molecule has 1 aliphatic heterocycles. The Labute approximate surface area is 241 Å². The number of para-hydroxylation sites is 1. The van der Waals surface area contributed by atoms with Crippen LogP contribution in [0.4, 0.5) is 5.69 Å². The van der Waals surface area contributed by atoms with Crippen LogP contribution in [0.1, 0.15) is 44.1 Å². The van der Waals surface area contributed by atoms with Crippen LogP contribution in [0.15, 0.2) is 102 Å². The first kappa shape index (κ1) is 25.4. The summed E-state index contributed by atoms with van der Waals surface area (Å²) < 4.78 is 5.24. The van der Waals surface area contributed by atoms with Crippen LogP contribution in [0, 0.1) is 23.2 Å². The molecular formula is C34H24N4O4. The van der Waals surface area contributed by atoms with Crippen molar-refractivity contribution in [3.8, 4) is 11.8 Å². The Morgan fingerprint density at radius 2 is 1.60 bits per heavy atom. The summed E-state index contributed by atoms with van der Waals surface area (Å²) in [6, 6.07) is 31.1. The number of nitriles is 1. The van der Waals surface area contributed by atoms with Gasteiger partial charge >= 0.3 is 0 Å². The molecule has 2 bridgehead atoms. The van der Waals surface area contributed by atoms with Crippen LogP contribution in [-0.2, 0) is 15.0 Å². The topological polar surface area (TPSA) is 112 Å². The maximum atomic E-state index is 14.5. The number of imide groups is 1. The van der Waals surface area contributed by atoms with Crippen LogP contribution >= 0.6 is 0 Å². The van der Waals surface area contributed by atoms with Crippen molar-refractivity contribution in [2.75, 3.05) is 12.0 Å². The van der Waals surface area contributed by atoms with Gasteiger partial charge in [-0.25, -0.2) is 10.3 Å². The van der Waals surface area contributed by atoms with Crippen molar-refractivity contribution >= 4 is 29.6 Å². The molecule has 8 heteroatoms. The molecule has 0 unspecified atom stereocenters. The van der Waals surface area contributed by atoms with Crippen molar-refractivity contribution < 1.29 is 19.1 Å². The largest absolute Gasteiger partial charge is 0.497 e. The number of nitrogens with zero attached hydrogens (tertiary/aromatic N) is 3. The van der Waals surface area contributed by atoms with Crippen LogP contribution in [0.3, 0.4) is 0 Å². The second-order valence-electron chi connectivity index (χ2n) is 10.6. The van der Waals surface area contributed by atoms with E-state index < -0.39 is 29.1 Å². The highest BCUT2D eigenvalue weighted by Crippen LogP contribution is 2.63. The number of anilines is 1. The molecule has 1 heterocycles. The van der Waals surface area contributed by atoms with Gasteiger partial charge in [-0.3, -0.25) is 14.4 Å². The van der Waals surface area contributed by atoms with Gasteiger partial charge in [0.05, 0.1) is 35.6 Å². The molecule has 1 saturated heterocycles. The molecule has 4 aliphatic rings. The molecule has 8 rings (SSSR count). The SMILES string of the molecule is COc1cccc(C(=O)N/N=C\C23c4ccccc4C(c4ccccc42)[C@@H]2C(=O)N(c4ccccc4C#N)C(=O)[C@H]23)c1. The van der Waals surface area contributed by atoms with E-state index in [1.807, 2.05) is 48.5 Å². The van der Waals surface area contributed by atoms with Gasteiger partial charge in [-0.15, -0.1) is 0 Å². The molecule has 0 spiro atoms. The summed E-state index contributed by atoms with van der Waals surface area (Å²) in [6.07, 6.45) is 1.61. The fourth-order valence-corrected chi connectivity index (χ4v) is 7.07. The smallest absolute Gasteiger partial charge is 0.271 e. The predicted octanol–water partition coefficient (Wildman–Crippen LogP) is 4.53. The first-order chi connectivity index (χ1) is 20.5. The quantitative estimate of drug-likeness (QED) is 0.222. The van der Waals surface area contributed by atoms with Crippen LogP contribution in [-0.4, -0.2) is 31.0 Å².